The van der Waals surface area contributed by atoms with E-state index < -0.39 is 10.0 Å². The maximum atomic E-state index is 12.2. The first kappa shape index (κ1) is 17.0. The first-order chi connectivity index (χ1) is 10.2. The Kier molecular flexibility index (Phi) is 4.97. The second-order valence-corrected chi connectivity index (χ2v) is 7.42. The molecule has 1 aromatic carbocycles. The van der Waals surface area contributed by atoms with Crippen LogP contribution in [0.15, 0.2) is 34.0 Å². The molecule has 1 heterocycles. The van der Waals surface area contributed by atoms with Crippen molar-refractivity contribution in [2.75, 3.05) is 0 Å². The Labute approximate surface area is 138 Å². The van der Waals surface area contributed by atoms with E-state index in [0.717, 1.165) is 11.3 Å². The van der Waals surface area contributed by atoms with Crippen molar-refractivity contribution in [2.24, 2.45) is 0 Å². The van der Waals surface area contributed by atoms with Gasteiger partial charge >= 0.3 is 0 Å². The lowest BCUT2D eigenvalue weighted by Crippen LogP contribution is -2.28. The molecule has 8 heteroatoms. The van der Waals surface area contributed by atoms with Crippen molar-refractivity contribution in [2.45, 2.75) is 25.3 Å². The molecule has 1 aromatic heterocycles. The number of nitrogens with one attached hydrogen (secondary N) is 2. The lowest BCUT2D eigenvalue weighted by molar-refractivity contribution is 0.581. The highest BCUT2D eigenvalue weighted by molar-refractivity contribution is 7.89. The van der Waals surface area contributed by atoms with Crippen molar-refractivity contribution < 1.29 is 8.42 Å². The largest absolute Gasteiger partial charge is 0.326 e. The van der Waals surface area contributed by atoms with Crippen LogP contribution in [-0.4, -0.2) is 13.4 Å². The Balaban J connectivity index is 2.27. The number of sulfonamides is 1. The lowest BCUT2D eigenvalue weighted by Gasteiger charge is -2.09. The number of halogens is 2. The normalized spacial score (nSPS) is 11.6. The fourth-order valence-electron chi connectivity index (χ4n) is 2.00. The number of rotatable bonds is 4. The Bertz CT molecular complexity index is 876. The monoisotopic (exact) mass is 360 g/mol. The van der Waals surface area contributed by atoms with Crippen molar-refractivity contribution in [3.05, 3.63) is 61.5 Å². The second-order valence-electron chi connectivity index (χ2n) is 4.84. The van der Waals surface area contributed by atoms with Crippen LogP contribution in [0.5, 0.6) is 0 Å². The van der Waals surface area contributed by atoms with Gasteiger partial charge in [-0.05, 0) is 43.7 Å². The molecule has 0 aliphatic heterocycles. The van der Waals surface area contributed by atoms with Gasteiger partial charge in [-0.1, -0.05) is 23.2 Å². The summed E-state index contributed by atoms with van der Waals surface area (Å²) in [4.78, 5) is 14.5. The molecule has 2 N–H and O–H groups in total. The summed E-state index contributed by atoms with van der Waals surface area (Å²) < 4.78 is 26.9. The standard InChI is InChI=1S/C14H14Cl2N2O3S/c1-8-5-9(2)18-14(19)11(8)7-17-22(20,21)10-3-4-12(15)13(16)6-10/h3-6,17H,7H2,1-2H3,(H,18,19). The minimum absolute atomic E-state index is 0.0110. The van der Waals surface area contributed by atoms with Crippen LogP contribution in [0.25, 0.3) is 0 Å². The highest BCUT2D eigenvalue weighted by atomic mass is 35.5. The van der Waals surface area contributed by atoms with Gasteiger partial charge in [-0.15, -0.1) is 0 Å². The highest BCUT2D eigenvalue weighted by Gasteiger charge is 2.16. The summed E-state index contributed by atoms with van der Waals surface area (Å²) in [5.74, 6) is 0. The maximum Gasteiger partial charge on any atom is 0.252 e. The summed E-state index contributed by atoms with van der Waals surface area (Å²) in [6.07, 6.45) is 0. The fourth-order valence-corrected chi connectivity index (χ4v) is 3.38. The van der Waals surface area contributed by atoms with Gasteiger partial charge < -0.3 is 4.98 Å². The second kappa shape index (κ2) is 6.42. The molecule has 0 fully saturated rings. The molecule has 0 aliphatic rings. The summed E-state index contributed by atoms with van der Waals surface area (Å²) in [6.45, 7) is 3.41. The molecule has 0 saturated heterocycles. The SMILES string of the molecule is Cc1cc(C)c(CNS(=O)(=O)c2ccc(Cl)c(Cl)c2)c(=O)[nH]1. The summed E-state index contributed by atoms with van der Waals surface area (Å²) in [6, 6.07) is 5.80. The van der Waals surface area contributed by atoms with Crippen molar-refractivity contribution in [1.82, 2.24) is 9.71 Å². The number of pyridine rings is 1. The summed E-state index contributed by atoms with van der Waals surface area (Å²) in [5.41, 5.74) is 1.50. The van der Waals surface area contributed by atoms with Crippen molar-refractivity contribution in [1.29, 1.82) is 0 Å². The first-order valence-electron chi connectivity index (χ1n) is 6.35. The third-order valence-corrected chi connectivity index (χ3v) is 5.27. The highest BCUT2D eigenvalue weighted by Crippen LogP contribution is 2.24. The molecular formula is C14H14Cl2N2O3S. The number of hydrogen-bond donors (Lipinski definition) is 2. The minimum atomic E-state index is -3.79. The topological polar surface area (TPSA) is 79.0 Å². The van der Waals surface area contributed by atoms with E-state index in [2.05, 4.69) is 9.71 Å². The summed E-state index contributed by atoms with van der Waals surface area (Å²) >= 11 is 11.6. The van der Waals surface area contributed by atoms with Crippen molar-refractivity contribution >= 4 is 33.2 Å². The van der Waals surface area contributed by atoms with Crippen molar-refractivity contribution in [3.63, 3.8) is 0 Å². The fraction of sp³-hybridized carbons (Fsp3) is 0.214. The molecule has 2 aromatic rings. The van der Waals surface area contributed by atoms with Gasteiger partial charge in [-0.2, -0.15) is 0 Å². The number of aryl methyl sites for hydroxylation is 2. The third-order valence-electron chi connectivity index (χ3n) is 3.13. The smallest absolute Gasteiger partial charge is 0.252 e. The van der Waals surface area contributed by atoms with Gasteiger partial charge in [-0.25, -0.2) is 13.1 Å². The molecule has 0 unspecified atom stereocenters. The van der Waals surface area contributed by atoms with E-state index in [9.17, 15) is 13.2 Å². The average molecular weight is 361 g/mol. The molecule has 22 heavy (non-hydrogen) atoms. The molecule has 5 nitrogen and oxygen atoms in total. The number of benzene rings is 1. The van der Waals surface area contributed by atoms with Crippen LogP contribution in [0, 0.1) is 13.8 Å². The summed E-state index contributed by atoms with van der Waals surface area (Å²) in [5, 5.41) is 0.417. The van der Waals surface area contributed by atoms with Crippen LogP contribution in [0.3, 0.4) is 0 Å². The molecule has 0 aliphatic carbocycles. The van der Waals surface area contributed by atoms with Gasteiger partial charge in [0, 0.05) is 17.8 Å². The zero-order valence-electron chi connectivity index (χ0n) is 11.9. The maximum absolute atomic E-state index is 12.2. The number of hydrogen-bond acceptors (Lipinski definition) is 3. The first-order valence-corrected chi connectivity index (χ1v) is 8.59. The van der Waals surface area contributed by atoms with Gasteiger partial charge in [0.15, 0.2) is 0 Å². The Morgan fingerprint density at radius 3 is 2.41 bits per heavy atom. The van der Waals surface area contributed by atoms with Gasteiger partial charge in [0.2, 0.25) is 10.0 Å². The lowest BCUT2D eigenvalue weighted by atomic mass is 10.1. The van der Waals surface area contributed by atoms with Crippen LogP contribution in [0.2, 0.25) is 10.0 Å². The summed E-state index contributed by atoms with van der Waals surface area (Å²) in [7, 11) is -3.79. The van der Waals surface area contributed by atoms with E-state index >= 15 is 0 Å². The molecule has 0 saturated carbocycles. The molecule has 0 radical (unpaired) electrons. The van der Waals surface area contributed by atoms with Gasteiger partial charge in [-0.3, -0.25) is 4.79 Å². The van der Waals surface area contributed by atoms with E-state index in [1.165, 1.54) is 18.2 Å². The minimum Gasteiger partial charge on any atom is -0.326 e. The van der Waals surface area contributed by atoms with E-state index in [0.29, 0.717) is 5.56 Å². The number of aromatic nitrogens is 1. The molecule has 118 valence electrons. The molecular weight excluding hydrogens is 347 g/mol. The predicted molar refractivity (Wildman–Crippen MR) is 87.0 cm³/mol. The zero-order valence-corrected chi connectivity index (χ0v) is 14.2. The van der Waals surface area contributed by atoms with E-state index in [1.54, 1.807) is 19.9 Å². The van der Waals surface area contributed by atoms with E-state index in [4.69, 9.17) is 23.2 Å². The molecule has 0 amide bonds. The molecule has 0 bridgehead atoms. The molecule has 0 atom stereocenters. The predicted octanol–water partition coefficient (Wildman–Crippen LogP) is 2.78. The molecule has 0 spiro atoms. The van der Waals surface area contributed by atoms with E-state index in [1.807, 2.05) is 0 Å². The Morgan fingerprint density at radius 1 is 1.14 bits per heavy atom. The molecule has 2 rings (SSSR count). The van der Waals surface area contributed by atoms with Gasteiger partial charge in [0.25, 0.3) is 5.56 Å². The Morgan fingerprint density at radius 2 is 1.82 bits per heavy atom. The van der Waals surface area contributed by atoms with Crippen LogP contribution < -0.4 is 10.3 Å². The van der Waals surface area contributed by atoms with Gasteiger partial charge in [0.05, 0.1) is 14.9 Å². The van der Waals surface area contributed by atoms with Crippen LogP contribution >= 0.6 is 23.2 Å². The van der Waals surface area contributed by atoms with Crippen LogP contribution in [-0.2, 0) is 16.6 Å². The van der Waals surface area contributed by atoms with Crippen LogP contribution in [0.1, 0.15) is 16.8 Å². The van der Waals surface area contributed by atoms with Crippen LogP contribution in [0.4, 0.5) is 0 Å². The van der Waals surface area contributed by atoms with Gasteiger partial charge in [0.1, 0.15) is 0 Å². The average Bonchev–Trinajstić information content (AvgIpc) is 2.40. The van der Waals surface area contributed by atoms with Crippen molar-refractivity contribution in [3.8, 4) is 0 Å². The van der Waals surface area contributed by atoms with E-state index in [-0.39, 0.29) is 27.0 Å². The third kappa shape index (κ3) is 3.70. The Hall–Kier alpha value is -1.34. The number of H-pyrrole nitrogens is 1. The number of aromatic amines is 1. The zero-order chi connectivity index (χ0) is 16.5. The quantitative estimate of drug-likeness (QED) is 0.879.